The minimum Gasteiger partial charge on any atom is -0.550 e. The quantitative estimate of drug-likeness (QED) is 0.870. The van der Waals surface area contributed by atoms with E-state index in [0.29, 0.717) is 12.2 Å². The number of carbonyl (C=O) groups is 1. The zero-order valence-corrected chi connectivity index (χ0v) is 10.6. The Morgan fingerprint density at radius 1 is 1.18 bits per heavy atom. The molecule has 4 heteroatoms. The van der Waals surface area contributed by atoms with Gasteiger partial charge in [0.15, 0.2) is 0 Å². The van der Waals surface area contributed by atoms with Gasteiger partial charge in [-0.1, -0.05) is 28.1 Å². The van der Waals surface area contributed by atoms with E-state index in [1.807, 2.05) is 30.3 Å². The Bertz CT molecular complexity index is 514. The van der Waals surface area contributed by atoms with Gasteiger partial charge in [-0.05, 0) is 30.7 Å². The standard InChI is InChI=1S/C13H11BrO3/c14-10-3-1-9(2-4-10)12-7-5-11(17-12)6-8-13(15)16/h1-5,7H,6,8H2,(H,15,16)/p-1. The van der Waals surface area contributed by atoms with Crippen molar-refractivity contribution < 1.29 is 14.3 Å². The molecule has 17 heavy (non-hydrogen) atoms. The number of aliphatic carboxylic acids is 1. The molecule has 0 aliphatic rings. The average Bonchev–Trinajstić information content (AvgIpc) is 2.76. The number of carbonyl (C=O) groups excluding carboxylic acids is 1. The lowest BCUT2D eigenvalue weighted by molar-refractivity contribution is -0.305. The van der Waals surface area contributed by atoms with Gasteiger partial charge in [0.2, 0.25) is 0 Å². The summed E-state index contributed by atoms with van der Waals surface area (Å²) < 4.78 is 6.56. The molecule has 0 unspecified atom stereocenters. The molecule has 0 aliphatic carbocycles. The third-order valence-electron chi connectivity index (χ3n) is 2.37. The Kier molecular flexibility index (Phi) is 3.64. The molecule has 2 rings (SSSR count). The Hall–Kier alpha value is -1.55. The van der Waals surface area contributed by atoms with Crippen molar-refractivity contribution in [2.75, 3.05) is 0 Å². The van der Waals surface area contributed by atoms with Crippen molar-refractivity contribution in [1.29, 1.82) is 0 Å². The summed E-state index contributed by atoms with van der Waals surface area (Å²) in [5.41, 5.74) is 0.966. The number of benzene rings is 1. The maximum absolute atomic E-state index is 10.3. The van der Waals surface area contributed by atoms with Crippen molar-refractivity contribution in [3.63, 3.8) is 0 Å². The highest BCUT2D eigenvalue weighted by atomic mass is 79.9. The third-order valence-corrected chi connectivity index (χ3v) is 2.89. The number of carboxylic acid groups (broad SMARTS) is 1. The van der Waals surface area contributed by atoms with E-state index in [4.69, 9.17) is 4.42 Å². The van der Waals surface area contributed by atoms with Crippen molar-refractivity contribution in [3.05, 3.63) is 46.6 Å². The topological polar surface area (TPSA) is 53.3 Å². The van der Waals surface area contributed by atoms with Gasteiger partial charge in [-0.15, -0.1) is 0 Å². The van der Waals surface area contributed by atoms with Gasteiger partial charge in [-0.2, -0.15) is 0 Å². The van der Waals surface area contributed by atoms with Crippen LogP contribution in [0, 0.1) is 0 Å². The summed E-state index contributed by atoms with van der Waals surface area (Å²) in [5.74, 6) is 0.338. The summed E-state index contributed by atoms with van der Waals surface area (Å²) in [4.78, 5) is 10.3. The van der Waals surface area contributed by atoms with E-state index in [0.717, 1.165) is 15.8 Å². The van der Waals surface area contributed by atoms with Gasteiger partial charge in [0.25, 0.3) is 0 Å². The van der Waals surface area contributed by atoms with E-state index < -0.39 is 5.97 Å². The fourth-order valence-corrected chi connectivity index (χ4v) is 1.77. The highest BCUT2D eigenvalue weighted by Gasteiger charge is 2.04. The molecule has 1 aromatic carbocycles. The van der Waals surface area contributed by atoms with Crippen molar-refractivity contribution in [2.24, 2.45) is 0 Å². The van der Waals surface area contributed by atoms with Crippen LogP contribution in [-0.4, -0.2) is 5.97 Å². The zero-order chi connectivity index (χ0) is 12.3. The predicted octanol–water partition coefficient (Wildman–Crippen LogP) is 2.39. The molecule has 1 heterocycles. The molecule has 0 spiro atoms. The number of furan rings is 1. The summed E-state index contributed by atoms with van der Waals surface area (Å²) >= 11 is 3.36. The number of hydrogen-bond donors (Lipinski definition) is 0. The third kappa shape index (κ3) is 3.20. The molecule has 0 aliphatic heterocycles. The van der Waals surface area contributed by atoms with E-state index in [1.54, 1.807) is 6.07 Å². The van der Waals surface area contributed by atoms with Crippen LogP contribution in [0.4, 0.5) is 0 Å². The lowest BCUT2D eigenvalue weighted by atomic mass is 10.2. The monoisotopic (exact) mass is 293 g/mol. The van der Waals surface area contributed by atoms with E-state index in [-0.39, 0.29) is 6.42 Å². The minimum atomic E-state index is -1.06. The molecule has 0 saturated heterocycles. The molecular weight excluding hydrogens is 284 g/mol. The Morgan fingerprint density at radius 2 is 1.88 bits per heavy atom. The van der Waals surface area contributed by atoms with Crippen molar-refractivity contribution in [1.82, 2.24) is 0 Å². The first-order valence-corrected chi connectivity index (χ1v) is 5.99. The van der Waals surface area contributed by atoms with E-state index >= 15 is 0 Å². The molecule has 88 valence electrons. The molecule has 0 atom stereocenters. The van der Waals surface area contributed by atoms with Gasteiger partial charge in [-0.25, -0.2) is 0 Å². The van der Waals surface area contributed by atoms with Gasteiger partial charge in [-0.3, -0.25) is 0 Å². The SMILES string of the molecule is O=C([O-])CCc1ccc(-c2ccc(Br)cc2)o1. The Morgan fingerprint density at radius 3 is 2.53 bits per heavy atom. The van der Waals surface area contributed by atoms with Gasteiger partial charge in [0, 0.05) is 22.4 Å². The largest absolute Gasteiger partial charge is 0.550 e. The molecule has 0 fully saturated rings. The zero-order valence-electron chi connectivity index (χ0n) is 8.98. The maximum Gasteiger partial charge on any atom is 0.134 e. The van der Waals surface area contributed by atoms with Crippen LogP contribution >= 0.6 is 15.9 Å². The highest BCUT2D eigenvalue weighted by Crippen LogP contribution is 2.24. The van der Waals surface area contributed by atoms with Gasteiger partial charge >= 0.3 is 0 Å². The molecule has 0 saturated carbocycles. The first kappa shape index (κ1) is 11.9. The maximum atomic E-state index is 10.3. The van der Waals surface area contributed by atoms with Crippen molar-refractivity contribution in [2.45, 2.75) is 12.8 Å². The normalized spacial score (nSPS) is 10.4. The van der Waals surface area contributed by atoms with E-state index in [2.05, 4.69) is 15.9 Å². The molecule has 1 aromatic heterocycles. The van der Waals surface area contributed by atoms with E-state index in [9.17, 15) is 9.90 Å². The molecule has 3 nitrogen and oxygen atoms in total. The van der Waals surface area contributed by atoms with Crippen molar-refractivity contribution in [3.8, 4) is 11.3 Å². The second-order valence-corrected chi connectivity index (χ2v) is 4.56. The summed E-state index contributed by atoms with van der Waals surface area (Å²) in [7, 11) is 0. The Balaban J connectivity index is 2.12. The first-order valence-electron chi connectivity index (χ1n) is 5.19. The summed E-state index contributed by atoms with van der Waals surface area (Å²) in [6, 6.07) is 11.4. The summed E-state index contributed by atoms with van der Waals surface area (Å²) in [6.45, 7) is 0. The van der Waals surface area contributed by atoms with Crippen LogP contribution in [0.5, 0.6) is 0 Å². The molecule has 0 bridgehead atoms. The number of hydrogen-bond acceptors (Lipinski definition) is 3. The first-order chi connectivity index (χ1) is 8.15. The predicted molar refractivity (Wildman–Crippen MR) is 65.2 cm³/mol. The molecule has 0 N–H and O–H groups in total. The van der Waals surface area contributed by atoms with Gasteiger partial charge < -0.3 is 14.3 Å². The van der Waals surface area contributed by atoms with Crippen LogP contribution < -0.4 is 5.11 Å². The van der Waals surface area contributed by atoms with Crippen molar-refractivity contribution >= 4 is 21.9 Å². The number of halogens is 1. The smallest absolute Gasteiger partial charge is 0.134 e. The fourth-order valence-electron chi connectivity index (χ4n) is 1.51. The van der Waals surface area contributed by atoms with Gasteiger partial charge in [0.1, 0.15) is 11.5 Å². The lowest BCUT2D eigenvalue weighted by Gasteiger charge is -1.99. The minimum absolute atomic E-state index is 0.0205. The number of aryl methyl sites for hydroxylation is 1. The van der Waals surface area contributed by atoms with Crippen LogP contribution in [-0.2, 0) is 11.2 Å². The lowest BCUT2D eigenvalue weighted by Crippen LogP contribution is -2.22. The summed E-state index contributed by atoms with van der Waals surface area (Å²) in [6.07, 6.45) is 0.339. The summed E-state index contributed by atoms with van der Waals surface area (Å²) in [5, 5.41) is 10.3. The second kappa shape index (κ2) is 5.19. The average molecular weight is 294 g/mol. The van der Waals surface area contributed by atoms with Gasteiger partial charge in [0.05, 0.1) is 0 Å². The fraction of sp³-hybridized carbons (Fsp3) is 0.154. The highest BCUT2D eigenvalue weighted by molar-refractivity contribution is 9.10. The van der Waals surface area contributed by atoms with Crippen LogP contribution in [0.3, 0.4) is 0 Å². The number of carboxylic acids is 1. The molecule has 0 amide bonds. The van der Waals surface area contributed by atoms with Crippen LogP contribution in [0.15, 0.2) is 45.3 Å². The molecule has 0 radical (unpaired) electrons. The van der Waals surface area contributed by atoms with Crippen LogP contribution in [0.25, 0.3) is 11.3 Å². The number of rotatable bonds is 4. The molecule has 2 aromatic rings. The molecular formula is C13H10BrO3-. The van der Waals surface area contributed by atoms with E-state index in [1.165, 1.54) is 0 Å². The second-order valence-electron chi connectivity index (χ2n) is 3.64. The van der Waals surface area contributed by atoms with Crippen LogP contribution in [0.1, 0.15) is 12.2 Å². The Labute approximate surface area is 107 Å². The van der Waals surface area contributed by atoms with Crippen LogP contribution in [0.2, 0.25) is 0 Å².